The summed E-state index contributed by atoms with van der Waals surface area (Å²) >= 11 is 0.961. The predicted molar refractivity (Wildman–Crippen MR) is 88.3 cm³/mol. The van der Waals surface area contributed by atoms with Gasteiger partial charge in [-0.3, -0.25) is 5.41 Å². The van der Waals surface area contributed by atoms with Gasteiger partial charge >= 0.3 is 0 Å². The lowest BCUT2D eigenvalue weighted by Crippen LogP contribution is -2.27. The van der Waals surface area contributed by atoms with Gasteiger partial charge in [-0.15, -0.1) is 0 Å². The highest BCUT2D eigenvalue weighted by Gasteiger charge is 2.39. The van der Waals surface area contributed by atoms with E-state index in [1.165, 1.54) is 7.11 Å². The van der Waals surface area contributed by atoms with Gasteiger partial charge < -0.3 is 15.2 Å². The predicted octanol–water partition coefficient (Wildman–Crippen LogP) is 2.65. The second kappa shape index (κ2) is 6.64. The van der Waals surface area contributed by atoms with Crippen LogP contribution in [0.25, 0.3) is 0 Å². The number of rotatable bonds is 3. The van der Waals surface area contributed by atoms with Crippen LogP contribution in [0.2, 0.25) is 0 Å². The van der Waals surface area contributed by atoms with E-state index in [-0.39, 0.29) is 10.1 Å². The highest BCUT2D eigenvalue weighted by Crippen LogP contribution is 2.47. The van der Waals surface area contributed by atoms with Crippen molar-refractivity contribution in [3.05, 3.63) is 33.9 Å². The molecular formula is C16H16N4O2S. The zero-order valence-corrected chi connectivity index (χ0v) is 13.8. The number of thioether (sulfide) groups is 1. The summed E-state index contributed by atoms with van der Waals surface area (Å²) < 4.78 is 10.8. The maximum absolute atomic E-state index is 9.48. The lowest BCUT2D eigenvalue weighted by molar-refractivity contribution is 0.383. The number of hydrogen-bond acceptors (Lipinski definition) is 7. The minimum atomic E-state index is -0.774. The molecule has 7 heteroatoms. The normalized spacial score (nSPS) is 20.7. The van der Waals surface area contributed by atoms with Crippen LogP contribution < -0.4 is 15.2 Å². The van der Waals surface area contributed by atoms with Gasteiger partial charge in [0.1, 0.15) is 17.4 Å². The van der Waals surface area contributed by atoms with E-state index in [0.717, 1.165) is 17.3 Å². The van der Waals surface area contributed by atoms with Crippen LogP contribution >= 0.6 is 11.8 Å². The third-order valence-corrected chi connectivity index (χ3v) is 4.73. The Morgan fingerprint density at radius 3 is 2.48 bits per heavy atom. The van der Waals surface area contributed by atoms with Crippen molar-refractivity contribution in [2.24, 2.45) is 11.7 Å². The first-order chi connectivity index (χ1) is 11.0. The number of nitrogens with one attached hydrogen (secondary N) is 1. The largest absolute Gasteiger partial charge is 0.496 e. The molecule has 0 fully saturated rings. The third kappa shape index (κ3) is 2.71. The van der Waals surface area contributed by atoms with E-state index in [2.05, 4.69) is 12.1 Å². The molecule has 2 atom stereocenters. The number of allylic oxidation sites excluding steroid dienone is 1. The molecule has 0 bridgehead atoms. The van der Waals surface area contributed by atoms with E-state index in [9.17, 15) is 10.5 Å². The minimum Gasteiger partial charge on any atom is -0.496 e. The molecule has 0 saturated heterocycles. The minimum absolute atomic E-state index is 0.129. The van der Waals surface area contributed by atoms with Crippen molar-refractivity contribution in [3.8, 4) is 23.6 Å². The number of nitriles is 2. The van der Waals surface area contributed by atoms with Crippen molar-refractivity contribution in [1.82, 2.24) is 0 Å². The van der Waals surface area contributed by atoms with Crippen LogP contribution in [0.1, 0.15) is 17.0 Å². The topological polar surface area (TPSA) is 116 Å². The molecule has 2 rings (SSSR count). The summed E-state index contributed by atoms with van der Waals surface area (Å²) in [6.07, 6.45) is 0. The van der Waals surface area contributed by atoms with Gasteiger partial charge in [0.15, 0.2) is 0 Å². The summed E-state index contributed by atoms with van der Waals surface area (Å²) in [6.45, 7) is 1.84. The molecule has 1 aromatic rings. The van der Waals surface area contributed by atoms with Gasteiger partial charge in [-0.1, -0.05) is 17.8 Å². The van der Waals surface area contributed by atoms with Crippen molar-refractivity contribution < 1.29 is 9.47 Å². The monoisotopic (exact) mass is 328 g/mol. The van der Waals surface area contributed by atoms with Gasteiger partial charge in [0, 0.05) is 17.0 Å². The van der Waals surface area contributed by atoms with Gasteiger partial charge in [0.2, 0.25) is 0 Å². The highest BCUT2D eigenvalue weighted by molar-refractivity contribution is 8.17. The Hall–Kier alpha value is -2.64. The average Bonchev–Trinajstić information content (AvgIpc) is 2.54. The first-order valence-corrected chi connectivity index (χ1v) is 7.58. The Labute approximate surface area is 139 Å². The fraction of sp³-hybridized carbons (Fsp3) is 0.312. The SMILES string of the molecule is COc1ccc([C@H]2C(C#N)=C(N)SC(=N)[C@@H]2C#N)c(OC)c1C. The van der Waals surface area contributed by atoms with Crippen molar-refractivity contribution >= 4 is 16.8 Å². The van der Waals surface area contributed by atoms with Crippen LogP contribution in [0.4, 0.5) is 0 Å². The Bertz CT molecular complexity index is 774. The molecule has 0 unspecified atom stereocenters. The van der Waals surface area contributed by atoms with Crippen LogP contribution in [0.3, 0.4) is 0 Å². The Balaban J connectivity index is 2.74. The van der Waals surface area contributed by atoms with E-state index >= 15 is 0 Å². The van der Waals surface area contributed by atoms with E-state index in [1.807, 2.05) is 6.92 Å². The summed E-state index contributed by atoms with van der Waals surface area (Å²) in [5, 5.41) is 27.4. The molecule has 23 heavy (non-hydrogen) atoms. The molecule has 0 saturated carbocycles. The molecule has 1 heterocycles. The van der Waals surface area contributed by atoms with Crippen LogP contribution in [0.15, 0.2) is 22.7 Å². The van der Waals surface area contributed by atoms with Gasteiger partial charge in [0.05, 0.1) is 42.0 Å². The summed E-state index contributed by atoms with van der Waals surface area (Å²) in [7, 11) is 3.08. The van der Waals surface area contributed by atoms with Crippen molar-refractivity contribution in [3.63, 3.8) is 0 Å². The molecule has 0 aliphatic carbocycles. The van der Waals surface area contributed by atoms with Crippen LogP contribution in [0, 0.1) is 40.9 Å². The summed E-state index contributed by atoms with van der Waals surface area (Å²) in [5.74, 6) is -0.216. The van der Waals surface area contributed by atoms with Crippen LogP contribution in [-0.2, 0) is 0 Å². The smallest absolute Gasteiger partial charge is 0.129 e. The summed E-state index contributed by atoms with van der Waals surface area (Å²) in [4.78, 5) is 0. The molecule has 0 aromatic heterocycles. The van der Waals surface area contributed by atoms with E-state index in [0.29, 0.717) is 22.6 Å². The maximum Gasteiger partial charge on any atom is 0.129 e. The molecule has 0 radical (unpaired) electrons. The summed E-state index contributed by atoms with van der Waals surface area (Å²) in [6, 6.07) is 7.72. The quantitative estimate of drug-likeness (QED) is 0.881. The zero-order valence-electron chi connectivity index (χ0n) is 13.0. The lowest BCUT2D eigenvalue weighted by atomic mass is 9.80. The average molecular weight is 328 g/mol. The second-order valence-corrected chi connectivity index (χ2v) is 6.04. The van der Waals surface area contributed by atoms with Crippen molar-refractivity contribution in [2.75, 3.05) is 14.2 Å². The highest BCUT2D eigenvalue weighted by atomic mass is 32.2. The van der Waals surface area contributed by atoms with Gasteiger partial charge in [-0.05, 0) is 13.0 Å². The molecule has 1 aliphatic rings. The van der Waals surface area contributed by atoms with Gasteiger partial charge in [-0.25, -0.2) is 0 Å². The molecule has 6 nitrogen and oxygen atoms in total. The Kier molecular flexibility index (Phi) is 4.83. The fourth-order valence-corrected chi connectivity index (χ4v) is 3.57. The van der Waals surface area contributed by atoms with Gasteiger partial charge in [-0.2, -0.15) is 10.5 Å². The fourth-order valence-electron chi connectivity index (χ4n) is 2.73. The number of ether oxygens (including phenoxy) is 2. The number of benzene rings is 1. The number of methoxy groups -OCH3 is 2. The van der Waals surface area contributed by atoms with Crippen LogP contribution in [0.5, 0.6) is 11.5 Å². The molecule has 1 aliphatic heterocycles. The standard InChI is InChI=1S/C16H16N4O2S/c1-8-12(21-2)5-4-9(14(8)22-3)13-10(6-17)15(19)23-16(20)11(13)7-18/h4-5,10,13,19H,20H2,1-3H3/t10-,13-/m1/s1. The lowest BCUT2D eigenvalue weighted by Gasteiger charge is -2.29. The van der Waals surface area contributed by atoms with E-state index in [1.54, 1.807) is 19.2 Å². The Morgan fingerprint density at radius 2 is 1.96 bits per heavy atom. The maximum atomic E-state index is 9.48. The van der Waals surface area contributed by atoms with E-state index < -0.39 is 11.8 Å². The van der Waals surface area contributed by atoms with E-state index in [4.69, 9.17) is 20.6 Å². The van der Waals surface area contributed by atoms with Crippen LogP contribution in [-0.4, -0.2) is 19.3 Å². The zero-order chi connectivity index (χ0) is 17.1. The molecule has 3 N–H and O–H groups in total. The number of hydrogen-bond donors (Lipinski definition) is 2. The number of nitrogens with two attached hydrogens (primary N) is 1. The van der Waals surface area contributed by atoms with Gasteiger partial charge in [0.25, 0.3) is 0 Å². The second-order valence-electron chi connectivity index (χ2n) is 4.96. The number of nitrogens with zero attached hydrogens (tertiary/aromatic N) is 2. The molecule has 0 spiro atoms. The molecule has 118 valence electrons. The molecule has 1 aromatic carbocycles. The molecular weight excluding hydrogens is 312 g/mol. The first kappa shape index (κ1) is 16.7. The van der Waals surface area contributed by atoms with Crippen molar-refractivity contribution in [2.45, 2.75) is 12.8 Å². The molecule has 0 amide bonds. The summed E-state index contributed by atoms with van der Waals surface area (Å²) in [5.41, 5.74) is 7.63. The Morgan fingerprint density at radius 1 is 1.26 bits per heavy atom. The first-order valence-electron chi connectivity index (χ1n) is 6.77. The van der Waals surface area contributed by atoms with Crippen molar-refractivity contribution in [1.29, 1.82) is 15.9 Å². The third-order valence-electron chi connectivity index (χ3n) is 3.82.